The third kappa shape index (κ3) is 2.90. The van der Waals surface area contributed by atoms with E-state index >= 15 is 0 Å². The number of pyridine rings is 1. The van der Waals surface area contributed by atoms with E-state index in [0.717, 1.165) is 29.0 Å². The smallest absolute Gasteiger partial charge is 0.176 e. The average Bonchev–Trinajstić information content (AvgIpc) is 2.97. The minimum Gasteiger partial charge on any atom is -0.493 e. The summed E-state index contributed by atoms with van der Waals surface area (Å²) in [5, 5.41) is 4.51. The number of aromatic nitrogens is 1. The summed E-state index contributed by atoms with van der Waals surface area (Å²) in [6.45, 7) is 2.86. The summed E-state index contributed by atoms with van der Waals surface area (Å²) in [6.07, 6.45) is 3.60. The first-order chi connectivity index (χ1) is 10.3. The minimum absolute atomic E-state index is 0.121. The Morgan fingerprint density at radius 3 is 2.81 bits per heavy atom. The summed E-state index contributed by atoms with van der Waals surface area (Å²) in [4.78, 5) is 4.02. The average molecular weight is 282 g/mol. The standard InChI is InChI=1S/C17H18N2O2/c1-12(19-11-13-6-8-18-9-7-13)16-10-14-4-3-5-15(20-2)17(14)21-16/h3-10,12,19H,11H2,1-2H3/t12-/m1/s1. The van der Waals surface area contributed by atoms with Gasteiger partial charge in [-0.2, -0.15) is 0 Å². The number of rotatable bonds is 5. The molecule has 0 spiro atoms. The Balaban J connectivity index is 1.77. The molecule has 0 saturated heterocycles. The van der Waals surface area contributed by atoms with Gasteiger partial charge in [0.2, 0.25) is 0 Å². The van der Waals surface area contributed by atoms with Gasteiger partial charge in [-0.05, 0) is 36.8 Å². The van der Waals surface area contributed by atoms with E-state index in [0.29, 0.717) is 0 Å². The molecule has 2 heterocycles. The van der Waals surface area contributed by atoms with Crippen LogP contribution in [0.4, 0.5) is 0 Å². The highest BCUT2D eigenvalue weighted by Gasteiger charge is 2.13. The molecule has 3 rings (SSSR count). The van der Waals surface area contributed by atoms with Crippen molar-refractivity contribution in [3.8, 4) is 5.75 Å². The maximum atomic E-state index is 5.94. The summed E-state index contributed by atoms with van der Waals surface area (Å²) in [6, 6.07) is 12.1. The number of fused-ring (bicyclic) bond motifs is 1. The summed E-state index contributed by atoms with van der Waals surface area (Å²) in [5.41, 5.74) is 2.00. The molecule has 1 N–H and O–H groups in total. The predicted molar refractivity (Wildman–Crippen MR) is 82.3 cm³/mol. The molecule has 3 aromatic rings. The highest BCUT2D eigenvalue weighted by molar-refractivity contribution is 5.83. The van der Waals surface area contributed by atoms with Gasteiger partial charge >= 0.3 is 0 Å². The van der Waals surface area contributed by atoms with Crippen molar-refractivity contribution in [2.75, 3.05) is 7.11 Å². The van der Waals surface area contributed by atoms with E-state index in [2.05, 4.69) is 23.3 Å². The topological polar surface area (TPSA) is 47.3 Å². The van der Waals surface area contributed by atoms with Crippen LogP contribution >= 0.6 is 0 Å². The van der Waals surface area contributed by atoms with Crippen molar-refractivity contribution >= 4 is 11.0 Å². The number of para-hydroxylation sites is 1. The SMILES string of the molecule is COc1cccc2cc([C@@H](C)NCc3ccncc3)oc12. The molecule has 0 fully saturated rings. The Kier molecular flexibility index (Phi) is 3.88. The van der Waals surface area contributed by atoms with Crippen LogP contribution in [0.25, 0.3) is 11.0 Å². The molecule has 0 unspecified atom stereocenters. The monoisotopic (exact) mass is 282 g/mol. The van der Waals surface area contributed by atoms with Crippen LogP contribution in [0.1, 0.15) is 24.3 Å². The van der Waals surface area contributed by atoms with Crippen molar-refractivity contribution < 1.29 is 9.15 Å². The minimum atomic E-state index is 0.121. The molecule has 0 amide bonds. The first-order valence-electron chi connectivity index (χ1n) is 6.96. The Morgan fingerprint density at radius 2 is 2.05 bits per heavy atom. The second-order valence-corrected chi connectivity index (χ2v) is 4.99. The second kappa shape index (κ2) is 5.97. The Labute approximate surface area is 123 Å². The van der Waals surface area contributed by atoms with Crippen molar-refractivity contribution in [1.82, 2.24) is 10.3 Å². The van der Waals surface area contributed by atoms with Gasteiger partial charge in [0.1, 0.15) is 5.76 Å². The predicted octanol–water partition coefficient (Wildman–Crippen LogP) is 3.69. The van der Waals surface area contributed by atoms with Gasteiger partial charge in [0.05, 0.1) is 13.2 Å². The van der Waals surface area contributed by atoms with Gasteiger partial charge in [-0.15, -0.1) is 0 Å². The molecule has 1 aromatic carbocycles. The van der Waals surface area contributed by atoms with Crippen LogP contribution < -0.4 is 10.1 Å². The fraction of sp³-hybridized carbons (Fsp3) is 0.235. The van der Waals surface area contributed by atoms with Gasteiger partial charge in [-0.3, -0.25) is 4.98 Å². The quantitative estimate of drug-likeness (QED) is 0.775. The van der Waals surface area contributed by atoms with Crippen LogP contribution in [0.3, 0.4) is 0 Å². The highest BCUT2D eigenvalue weighted by atomic mass is 16.5. The zero-order chi connectivity index (χ0) is 14.7. The molecule has 0 aliphatic rings. The number of methoxy groups -OCH3 is 1. The first kappa shape index (κ1) is 13.6. The largest absolute Gasteiger partial charge is 0.493 e. The Hall–Kier alpha value is -2.33. The van der Waals surface area contributed by atoms with Crippen LogP contribution in [0.2, 0.25) is 0 Å². The molecule has 0 bridgehead atoms. The third-order valence-electron chi connectivity index (χ3n) is 3.54. The lowest BCUT2D eigenvalue weighted by molar-refractivity contribution is 0.399. The van der Waals surface area contributed by atoms with E-state index in [1.54, 1.807) is 19.5 Å². The van der Waals surface area contributed by atoms with Crippen LogP contribution in [-0.4, -0.2) is 12.1 Å². The van der Waals surface area contributed by atoms with Crippen molar-refractivity contribution in [2.45, 2.75) is 19.5 Å². The van der Waals surface area contributed by atoms with E-state index in [9.17, 15) is 0 Å². The number of nitrogens with zero attached hydrogens (tertiary/aromatic N) is 1. The molecule has 4 nitrogen and oxygen atoms in total. The molecule has 1 atom stereocenters. The zero-order valence-corrected chi connectivity index (χ0v) is 12.2. The van der Waals surface area contributed by atoms with Gasteiger partial charge in [-0.1, -0.05) is 12.1 Å². The van der Waals surface area contributed by atoms with Crippen molar-refractivity contribution in [3.05, 3.63) is 60.1 Å². The van der Waals surface area contributed by atoms with E-state index in [1.807, 2.05) is 30.3 Å². The normalized spacial score (nSPS) is 12.5. The molecule has 21 heavy (non-hydrogen) atoms. The lowest BCUT2D eigenvalue weighted by atomic mass is 10.2. The first-order valence-corrected chi connectivity index (χ1v) is 6.96. The molecule has 0 aliphatic carbocycles. The van der Waals surface area contributed by atoms with Gasteiger partial charge in [0.25, 0.3) is 0 Å². The lowest BCUT2D eigenvalue weighted by Crippen LogP contribution is -2.17. The van der Waals surface area contributed by atoms with E-state index < -0.39 is 0 Å². The number of ether oxygens (including phenoxy) is 1. The number of nitrogens with one attached hydrogen (secondary N) is 1. The maximum Gasteiger partial charge on any atom is 0.176 e. The maximum absolute atomic E-state index is 5.94. The van der Waals surface area contributed by atoms with Crippen molar-refractivity contribution in [2.24, 2.45) is 0 Å². The Morgan fingerprint density at radius 1 is 1.24 bits per heavy atom. The zero-order valence-electron chi connectivity index (χ0n) is 12.2. The van der Waals surface area contributed by atoms with Gasteiger partial charge in [0.15, 0.2) is 11.3 Å². The van der Waals surface area contributed by atoms with Crippen LogP contribution in [-0.2, 0) is 6.54 Å². The van der Waals surface area contributed by atoms with E-state index in [-0.39, 0.29) is 6.04 Å². The van der Waals surface area contributed by atoms with E-state index in [1.165, 1.54) is 5.56 Å². The van der Waals surface area contributed by atoms with Gasteiger partial charge < -0.3 is 14.5 Å². The van der Waals surface area contributed by atoms with Crippen LogP contribution in [0.5, 0.6) is 5.75 Å². The molecule has 0 aliphatic heterocycles. The number of hydrogen-bond donors (Lipinski definition) is 1. The fourth-order valence-electron chi connectivity index (χ4n) is 2.30. The molecule has 4 heteroatoms. The summed E-state index contributed by atoms with van der Waals surface area (Å²) >= 11 is 0. The number of furan rings is 1. The number of benzene rings is 1. The highest BCUT2D eigenvalue weighted by Crippen LogP contribution is 2.30. The molecular formula is C17H18N2O2. The third-order valence-corrected chi connectivity index (χ3v) is 3.54. The van der Waals surface area contributed by atoms with Crippen molar-refractivity contribution in [1.29, 1.82) is 0 Å². The molecular weight excluding hydrogens is 264 g/mol. The number of hydrogen-bond acceptors (Lipinski definition) is 4. The van der Waals surface area contributed by atoms with Crippen LogP contribution in [0, 0.1) is 0 Å². The molecule has 2 aromatic heterocycles. The summed E-state index contributed by atoms with van der Waals surface area (Å²) in [7, 11) is 1.65. The lowest BCUT2D eigenvalue weighted by Gasteiger charge is -2.11. The molecule has 108 valence electrons. The van der Waals surface area contributed by atoms with Crippen LogP contribution in [0.15, 0.2) is 53.2 Å². The van der Waals surface area contributed by atoms with Gasteiger partial charge in [0, 0.05) is 24.3 Å². The summed E-state index contributed by atoms with van der Waals surface area (Å²) in [5.74, 6) is 1.67. The second-order valence-electron chi connectivity index (χ2n) is 4.99. The summed E-state index contributed by atoms with van der Waals surface area (Å²) < 4.78 is 11.3. The van der Waals surface area contributed by atoms with E-state index in [4.69, 9.17) is 9.15 Å². The molecule has 0 radical (unpaired) electrons. The van der Waals surface area contributed by atoms with Gasteiger partial charge in [-0.25, -0.2) is 0 Å². The fourth-order valence-corrected chi connectivity index (χ4v) is 2.30. The van der Waals surface area contributed by atoms with Crippen molar-refractivity contribution in [3.63, 3.8) is 0 Å². The molecule has 0 saturated carbocycles. The Bertz CT molecular complexity index is 722.